The summed E-state index contributed by atoms with van der Waals surface area (Å²) in [4.78, 5) is 12.0. The number of hydrogen-bond donors (Lipinski definition) is 0. The Balaban J connectivity index is 2.42. The SMILES string of the molecule is CCCCCCCCCCCCOc1ccc(C=CC(=O)OC(C)C)c(OCCCCCCCCCCCC)c1. The number of hydrogen-bond acceptors (Lipinski definition) is 4. The summed E-state index contributed by atoms with van der Waals surface area (Å²) >= 11 is 0. The second-order valence-electron chi connectivity index (χ2n) is 11.6. The van der Waals surface area contributed by atoms with Crippen molar-refractivity contribution in [3.63, 3.8) is 0 Å². The highest BCUT2D eigenvalue weighted by Crippen LogP contribution is 2.27. The molecule has 1 aromatic carbocycles. The summed E-state index contributed by atoms with van der Waals surface area (Å²) < 4.78 is 17.5. The third kappa shape index (κ3) is 20.9. The minimum absolute atomic E-state index is 0.134. The van der Waals surface area contributed by atoms with Gasteiger partial charge in [-0.05, 0) is 44.9 Å². The van der Waals surface area contributed by atoms with Gasteiger partial charge in [-0.15, -0.1) is 0 Å². The van der Waals surface area contributed by atoms with Gasteiger partial charge in [0.25, 0.3) is 0 Å². The Bertz CT molecular complexity index is 755. The highest BCUT2D eigenvalue weighted by atomic mass is 16.5. The zero-order valence-corrected chi connectivity index (χ0v) is 26.7. The van der Waals surface area contributed by atoms with Crippen LogP contribution in [0.3, 0.4) is 0 Å². The Morgan fingerprint density at radius 2 is 1.10 bits per heavy atom. The van der Waals surface area contributed by atoms with Gasteiger partial charge in [-0.2, -0.15) is 0 Å². The maximum atomic E-state index is 12.0. The predicted octanol–water partition coefficient (Wildman–Crippen LogP) is 11.3. The summed E-state index contributed by atoms with van der Waals surface area (Å²) in [5, 5.41) is 0. The maximum Gasteiger partial charge on any atom is 0.331 e. The monoisotopic (exact) mass is 558 g/mol. The molecule has 230 valence electrons. The molecule has 0 radical (unpaired) electrons. The number of carbonyl (C=O) groups excluding carboxylic acids is 1. The Morgan fingerprint density at radius 3 is 1.57 bits per heavy atom. The van der Waals surface area contributed by atoms with Gasteiger partial charge < -0.3 is 14.2 Å². The second-order valence-corrected chi connectivity index (χ2v) is 11.6. The van der Waals surface area contributed by atoms with E-state index in [9.17, 15) is 4.79 Å². The van der Waals surface area contributed by atoms with Crippen molar-refractivity contribution in [3.05, 3.63) is 29.8 Å². The van der Waals surface area contributed by atoms with Gasteiger partial charge in [0.2, 0.25) is 0 Å². The summed E-state index contributed by atoms with van der Waals surface area (Å²) in [7, 11) is 0. The smallest absolute Gasteiger partial charge is 0.331 e. The highest BCUT2D eigenvalue weighted by Gasteiger charge is 2.07. The number of esters is 1. The zero-order chi connectivity index (χ0) is 29.1. The maximum absolute atomic E-state index is 12.0. The van der Waals surface area contributed by atoms with Crippen LogP contribution in [0, 0.1) is 0 Å². The molecule has 4 heteroatoms. The first-order valence-electron chi connectivity index (χ1n) is 16.8. The Hall–Kier alpha value is -1.97. The van der Waals surface area contributed by atoms with Gasteiger partial charge in [-0.25, -0.2) is 4.79 Å². The van der Waals surface area contributed by atoms with Crippen LogP contribution >= 0.6 is 0 Å². The van der Waals surface area contributed by atoms with Crippen molar-refractivity contribution in [2.24, 2.45) is 0 Å². The molecule has 1 rings (SSSR count). The summed E-state index contributed by atoms with van der Waals surface area (Å²) in [5.74, 6) is 1.26. The molecule has 0 aliphatic heterocycles. The van der Waals surface area contributed by atoms with Crippen molar-refractivity contribution in [2.45, 2.75) is 162 Å². The summed E-state index contributed by atoms with van der Waals surface area (Å²) in [6, 6.07) is 5.91. The van der Waals surface area contributed by atoms with Crippen LogP contribution in [0.25, 0.3) is 6.08 Å². The van der Waals surface area contributed by atoms with Crippen LogP contribution in [-0.2, 0) is 9.53 Å². The molecule has 0 aliphatic rings. The third-order valence-corrected chi connectivity index (χ3v) is 7.26. The van der Waals surface area contributed by atoms with Crippen LogP contribution in [0.1, 0.15) is 162 Å². The van der Waals surface area contributed by atoms with Crippen molar-refractivity contribution >= 4 is 12.0 Å². The fraction of sp³-hybridized carbons (Fsp3) is 0.750. The molecule has 0 atom stereocenters. The van der Waals surface area contributed by atoms with Gasteiger partial charge in [0.15, 0.2) is 0 Å². The van der Waals surface area contributed by atoms with Crippen LogP contribution in [0.2, 0.25) is 0 Å². The lowest BCUT2D eigenvalue weighted by Gasteiger charge is -2.13. The van der Waals surface area contributed by atoms with Crippen LogP contribution in [0.15, 0.2) is 24.3 Å². The molecule has 1 aromatic rings. The van der Waals surface area contributed by atoms with E-state index in [0.717, 1.165) is 36.5 Å². The lowest BCUT2D eigenvalue weighted by atomic mass is 10.1. The van der Waals surface area contributed by atoms with E-state index in [-0.39, 0.29) is 12.1 Å². The van der Waals surface area contributed by atoms with E-state index in [2.05, 4.69) is 13.8 Å². The standard InChI is InChI=1S/C36H62O4/c1-5-7-9-11-13-15-17-19-21-23-29-38-34-27-25-33(26-28-36(37)40-32(3)4)35(31-34)39-30-24-22-20-18-16-14-12-10-8-6-2/h25-28,31-32H,5-24,29-30H2,1-4H3. The van der Waals surface area contributed by atoms with Crippen LogP contribution in [0.5, 0.6) is 11.5 Å². The predicted molar refractivity (Wildman–Crippen MR) is 171 cm³/mol. The quantitative estimate of drug-likeness (QED) is 0.0612. The largest absolute Gasteiger partial charge is 0.493 e. The zero-order valence-electron chi connectivity index (χ0n) is 26.7. The van der Waals surface area contributed by atoms with Gasteiger partial charge in [-0.3, -0.25) is 0 Å². The third-order valence-electron chi connectivity index (χ3n) is 7.26. The van der Waals surface area contributed by atoms with E-state index in [0.29, 0.717) is 6.61 Å². The normalized spacial score (nSPS) is 11.4. The van der Waals surface area contributed by atoms with Crippen molar-refractivity contribution < 1.29 is 19.0 Å². The number of rotatable bonds is 27. The van der Waals surface area contributed by atoms with Gasteiger partial charge in [0, 0.05) is 17.7 Å². The van der Waals surface area contributed by atoms with E-state index in [1.54, 1.807) is 6.08 Å². The van der Waals surface area contributed by atoms with Crippen molar-refractivity contribution in [3.8, 4) is 11.5 Å². The minimum atomic E-state index is -0.336. The molecule has 0 aromatic heterocycles. The molecule has 40 heavy (non-hydrogen) atoms. The molecule has 0 amide bonds. The first kappa shape index (κ1) is 36.1. The molecular formula is C36H62O4. The Labute approximate surface area is 247 Å². The molecule has 0 N–H and O–H groups in total. The number of unbranched alkanes of at least 4 members (excludes halogenated alkanes) is 18. The molecule has 4 nitrogen and oxygen atoms in total. The number of ether oxygens (including phenoxy) is 3. The summed E-state index contributed by atoms with van der Waals surface area (Å²) in [6.07, 6.45) is 29.3. The summed E-state index contributed by atoms with van der Waals surface area (Å²) in [6.45, 7) is 9.65. The molecule has 0 fully saturated rings. The molecule has 0 aliphatic carbocycles. The molecule has 0 saturated heterocycles. The van der Waals surface area contributed by atoms with E-state index >= 15 is 0 Å². The summed E-state index contributed by atoms with van der Waals surface area (Å²) in [5.41, 5.74) is 0.874. The van der Waals surface area contributed by atoms with Gasteiger partial charge in [0.1, 0.15) is 11.5 Å². The van der Waals surface area contributed by atoms with E-state index in [4.69, 9.17) is 14.2 Å². The fourth-order valence-electron chi connectivity index (χ4n) is 4.85. The highest BCUT2D eigenvalue weighted by molar-refractivity contribution is 5.87. The number of benzene rings is 1. The Kier molecular flexibility index (Phi) is 23.4. The molecule has 0 unspecified atom stereocenters. The topological polar surface area (TPSA) is 44.8 Å². The van der Waals surface area contributed by atoms with Gasteiger partial charge >= 0.3 is 5.97 Å². The van der Waals surface area contributed by atoms with Crippen molar-refractivity contribution in [2.75, 3.05) is 13.2 Å². The minimum Gasteiger partial charge on any atom is -0.493 e. The lowest BCUT2D eigenvalue weighted by Crippen LogP contribution is -2.08. The van der Waals surface area contributed by atoms with E-state index in [1.807, 2.05) is 32.0 Å². The average molecular weight is 559 g/mol. The van der Waals surface area contributed by atoms with Crippen molar-refractivity contribution in [1.82, 2.24) is 0 Å². The molecule has 0 spiro atoms. The van der Waals surface area contributed by atoms with Crippen LogP contribution in [-0.4, -0.2) is 25.3 Å². The van der Waals surface area contributed by atoms with Crippen LogP contribution < -0.4 is 9.47 Å². The van der Waals surface area contributed by atoms with E-state index < -0.39 is 0 Å². The molecule has 0 saturated carbocycles. The first-order chi connectivity index (χ1) is 19.6. The first-order valence-corrected chi connectivity index (χ1v) is 16.8. The second kappa shape index (κ2) is 26.0. The molecular weight excluding hydrogens is 496 g/mol. The lowest BCUT2D eigenvalue weighted by molar-refractivity contribution is -0.141. The fourth-order valence-corrected chi connectivity index (χ4v) is 4.85. The molecule has 0 bridgehead atoms. The Morgan fingerprint density at radius 1 is 0.650 bits per heavy atom. The van der Waals surface area contributed by atoms with E-state index in [1.165, 1.54) is 122 Å². The van der Waals surface area contributed by atoms with Crippen LogP contribution in [0.4, 0.5) is 0 Å². The molecule has 0 heterocycles. The van der Waals surface area contributed by atoms with Gasteiger partial charge in [0.05, 0.1) is 19.3 Å². The number of carbonyl (C=O) groups is 1. The average Bonchev–Trinajstić information content (AvgIpc) is 2.93. The van der Waals surface area contributed by atoms with Gasteiger partial charge in [-0.1, -0.05) is 129 Å². The van der Waals surface area contributed by atoms with Crippen molar-refractivity contribution in [1.29, 1.82) is 0 Å².